The molecule has 0 unspecified atom stereocenters. The molecule has 3 heteroatoms. The summed E-state index contributed by atoms with van der Waals surface area (Å²) < 4.78 is 0. The highest BCUT2D eigenvalue weighted by atomic mass is 16.1. The minimum atomic E-state index is -0.577. The third-order valence-electron chi connectivity index (χ3n) is 2.59. The maximum Gasteiger partial charge on any atom is 0.259 e. The minimum absolute atomic E-state index is 0.187. The smallest absolute Gasteiger partial charge is 0.259 e. The van der Waals surface area contributed by atoms with Gasteiger partial charge in [0.15, 0.2) is 0 Å². The number of primary amides is 1. The second kappa shape index (κ2) is 4.08. The van der Waals surface area contributed by atoms with E-state index in [2.05, 4.69) is 6.92 Å². The highest BCUT2D eigenvalue weighted by Crippen LogP contribution is 2.29. The largest absolute Gasteiger partial charge is 0.365 e. The van der Waals surface area contributed by atoms with Gasteiger partial charge in [-0.3, -0.25) is 4.79 Å². The zero-order valence-corrected chi connectivity index (χ0v) is 7.84. The summed E-state index contributed by atoms with van der Waals surface area (Å²) in [6.07, 6.45) is 3.83. The van der Waals surface area contributed by atoms with Gasteiger partial charge >= 0.3 is 0 Å². The number of nitriles is 1. The lowest BCUT2D eigenvalue weighted by atomic mass is 9.85. The summed E-state index contributed by atoms with van der Waals surface area (Å²) in [4.78, 5) is 10.9. The minimum Gasteiger partial charge on any atom is -0.365 e. The zero-order valence-electron chi connectivity index (χ0n) is 7.84. The summed E-state index contributed by atoms with van der Waals surface area (Å²) in [5.41, 5.74) is 6.23. The lowest BCUT2D eigenvalue weighted by molar-refractivity contribution is -0.114. The molecule has 0 heterocycles. The van der Waals surface area contributed by atoms with Crippen LogP contribution in [-0.2, 0) is 4.79 Å². The van der Waals surface area contributed by atoms with Crippen LogP contribution in [-0.4, -0.2) is 5.91 Å². The summed E-state index contributed by atoms with van der Waals surface area (Å²) in [5.74, 6) is 0.128. The molecule has 0 aliphatic heterocycles. The van der Waals surface area contributed by atoms with Crippen LogP contribution in [0.15, 0.2) is 11.1 Å². The van der Waals surface area contributed by atoms with Crippen molar-refractivity contribution in [2.24, 2.45) is 11.7 Å². The highest BCUT2D eigenvalue weighted by Gasteiger charge is 2.18. The fourth-order valence-electron chi connectivity index (χ4n) is 1.67. The van der Waals surface area contributed by atoms with Crippen molar-refractivity contribution in [3.63, 3.8) is 0 Å². The molecule has 1 saturated carbocycles. The van der Waals surface area contributed by atoms with Crippen molar-refractivity contribution in [3.8, 4) is 6.07 Å². The summed E-state index contributed by atoms with van der Waals surface area (Å²) in [6, 6.07) is 1.89. The molecule has 0 saturated heterocycles. The van der Waals surface area contributed by atoms with Gasteiger partial charge in [-0.15, -0.1) is 0 Å². The average molecular weight is 178 g/mol. The molecular weight excluding hydrogens is 164 g/mol. The predicted octanol–water partition coefficient (Wildman–Crippen LogP) is 1.50. The third kappa shape index (κ3) is 2.32. The van der Waals surface area contributed by atoms with E-state index in [1.807, 2.05) is 6.07 Å². The van der Waals surface area contributed by atoms with Gasteiger partial charge in [0.05, 0.1) is 0 Å². The first-order chi connectivity index (χ1) is 6.15. The van der Waals surface area contributed by atoms with Crippen LogP contribution in [0.4, 0.5) is 0 Å². The fraction of sp³-hybridized carbons (Fsp3) is 0.600. The fourth-order valence-corrected chi connectivity index (χ4v) is 1.67. The van der Waals surface area contributed by atoms with Gasteiger partial charge in [0.2, 0.25) is 0 Å². The Labute approximate surface area is 78.2 Å². The van der Waals surface area contributed by atoms with E-state index >= 15 is 0 Å². The number of carbonyl (C=O) groups is 1. The molecule has 1 aliphatic carbocycles. The molecule has 0 bridgehead atoms. The lowest BCUT2D eigenvalue weighted by Crippen LogP contribution is -2.17. The lowest BCUT2D eigenvalue weighted by Gasteiger charge is -2.20. The van der Waals surface area contributed by atoms with Gasteiger partial charge in [0.1, 0.15) is 11.6 Å². The molecule has 0 aromatic heterocycles. The van der Waals surface area contributed by atoms with Crippen LogP contribution in [0, 0.1) is 17.2 Å². The molecule has 1 aliphatic rings. The number of carbonyl (C=O) groups excluding carboxylic acids is 1. The molecule has 0 radical (unpaired) electrons. The van der Waals surface area contributed by atoms with Gasteiger partial charge in [-0.2, -0.15) is 5.26 Å². The van der Waals surface area contributed by atoms with Crippen molar-refractivity contribution in [2.75, 3.05) is 0 Å². The van der Waals surface area contributed by atoms with Crippen molar-refractivity contribution in [2.45, 2.75) is 32.6 Å². The van der Waals surface area contributed by atoms with E-state index in [-0.39, 0.29) is 5.57 Å². The summed E-state index contributed by atoms with van der Waals surface area (Å²) in [7, 11) is 0. The van der Waals surface area contributed by atoms with Crippen molar-refractivity contribution in [1.82, 2.24) is 0 Å². The van der Waals surface area contributed by atoms with Gasteiger partial charge in [-0.05, 0) is 37.2 Å². The first-order valence-corrected chi connectivity index (χ1v) is 4.57. The highest BCUT2D eigenvalue weighted by molar-refractivity contribution is 5.96. The molecule has 1 fully saturated rings. The normalized spacial score (nSPS) is 22.2. The number of allylic oxidation sites excluding steroid dienone is 1. The molecule has 1 rings (SSSR count). The first kappa shape index (κ1) is 9.79. The second-order valence-corrected chi connectivity index (χ2v) is 3.64. The molecule has 70 valence electrons. The molecule has 0 atom stereocenters. The second-order valence-electron chi connectivity index (χ2n) is 3.64. The van der Waals surface area contributed by atoms with Crippen LogP contribution in [0.25, 0.3) is 0 Å². The van der Waals surface area contributed by atoms with Crippen molar-refractivity contribution in [3.05, 3.63) is 11.1 Å². The van der Waals surface area contributed by atoms with E-state index in [0.717, 1.165) is 31.3 Å². The Bertz CT molecular complexity index is 276. The van der Waals surface area contributed by atoms with E-state index < -0.39 is 5.91 Å². The predicted molar refractivity (Wildman–Crippen MR) is 49.5 cm³/mol. The molecule has 0 aromatic rings. The van der Waals surface area contributed by atoms with E-state index in [0.29, 0.717) is 5.92 Å². The Morgan fingerprint density at radius 2 is 2.08 bits per heavy atom. The maximum absolute atomic E-state index is 10.9. The van der Waals surface area contributed by atoms with Crippen LogP contribution < -0.4 is 5.73 Å². The van der Waals surface area contributed by atoms with E-state index in [1.54, 1.807) is 0 Å². The summed E-state index contributed by atoms with van der Waals surface area (Å²) >= 11 is 0. The Balaban J connectivity index is 2.80. The molecule has 0 aromatic carbocycles. The number of hydrogen-bond acceptors (Lipinski definition) is 2. The van der Waals surface area contributed by atoms with Crippen molar-refractivity contribution in [1.29, 1.82) is 5.26 Å². The molecule has 3 nitrogen and oxygen atoms in total. The van der Waals surface area contributed by atoms with E-state index in [1.165, 1.54) is 0 Å². The van der Waals surface area contributed by atoms with Crippen LogP contribution in [0.1, 0.15) is 32.6 Å². The topological polar surface area (TPSA) is 66.9 Å². The summed E-state index contributed by atoms with van der Waals surface area (Å²) in [5, 5.41) is 8.71. The van der Waals surface area contributed by atoms with Gasteiger partial charge in [-0.25, -0.2) is 0 Å². The standard InChI is InChI=1S/C10H14N2O/c1-7-2-4-8(5-3-7)9(6-11)10(12)13/h7H,2-5H2,1H3,(H2,12,13). The molecule has 2 N–H and O–H groups in total. The number of amides is 1. The number of hydrogen-bond donors (Lipinski definition) is 1. The molecular formula is C10H14N2O. The van der Waals surface area contributed by atoms with Crippen molar-refractivity contribution >= 4 is 5.91 Å². The average Bonchev–Trinajstić information content (AvgIpc) is 2.09. The van der Waals surface area contributed by atoms with Crippen LogP contribution in [0.5, 0.6) is 0 Å². The molecule has 13 heavy (non-hydrogen) atoms. The zero-order chi connectivity index (χ0) is 9.84. The van der Waals surface area contributed by atoms with E-state index in [9.17, 15) is 4.79 Å². The monoisotopic (exact) mass is 178 g/mol. The number of nitrogens with zero attached hydrogens (tertiary/aromatic N) is 1. The van der Waals surface area contributed by atoms with Crippen molar-refractivity contribution < 1.29 is 4.79 Å². The first-order valence-electron chi connectivity index (χ1n) is 4.57. The van der Waals surface area contributed by atoms with Crippen LogP contribution >= 0.6 is 0 Å². The van der Waals surface area contributed by atoms with Crippen LogP contribution in [0.2, 0.25) is 0 Å². The maximum atomic E-state index is 10.9. The van der Waals surface area contributed by atoms with Crippen LogP contribution in [0.3, 0.4) is 0 Å². The third-order valence-corrected chi connectivity index (χ3v) is 2.59. The Hall–Kier alpha value is -1.30. The van der Waals surface area contributed by atoms with Gasteiger partial charge in [-0.1, -0.05) is 6.92 Å². The Morgan fingerprint density at radius 3 is 2.46 bits per heavy atom. The number of rotatable bonds is 1. The Kier molecular flexibility index (Phi) is 3.07. The number of nitrogens with two attached hydrogens (primary N) is 1. The van der Waals surface area contributed by atoms with Gasteiger partial charge in [0.25, 0.3) is 5.91 Å². The quantitative estimate of drug-likeness (QED) is 0.488. The van der Waals surface area contributed by atoms with Gasteiger partial charge in [0, 0.05) is 0 Å². The molecule has 1 amide bonds. The SMILES string of the molecule is CC1CCC(=C(C#N)C(N)=O)CC1. The molecule has 0 spiro atoms. The summed E-state index contributed by atoms with van der Waals surface area (Å²) in [6.45, 7) is 2.19. The van der Waals surface area contributed by atoms with Gasteiger partial charge < -0.3 is 5.73 Å². The Morgan fingerprint density at radius 1 is 1.54 bits per heavy atom. The van der Waals surface area contributed by atoms with E-state index in [4.69, 9.17) is 11.0 Å².